The third-order valence-corrected chi connectivity index (χ3v) is 2.72. The number of hydrogen-bond acceptors (Lipinski definition) is 3. The first kappa shape index (κ1) is 12.9. The van der Waals surface area contributed by atoms with Crippen LogP contribution in [0.1, 0.15) is 33.4 Å². The molecule has 0 atom stereocenters. The largest absolute Gasteiger partial charge is 0.478 e. The number of benzene rings is 1. The van der Waals surface area contributed by atoms with Crippen LogP contribution in [-0.4, -0.2) is 17.0 Å². The SMILES string of the molecule is CCc1ccc(NC(=O)c2ccco2)c(C(=O)O)c1. The van der Waals surface area contributed by atoms with Crippen molar-refractivity contribution in [2.75, 3.05) is 5.32 Å². The Morgan fingerprint density at radius 2 is 2.11 bits per heavy atom. The third-order valence-electron chi connectivity index (χ3n) is 2.72. The average Bonchev–Trinajstić information content (AvgIpc) is 2.92. The predicted octanol–water partition coefficient (Wildman–Crippen LogP) is 2.79. The molecule has 1 aromatic heterocycles. The maximum Gasteiger partial charge on any atom is 0.337 e. The number of furan rings is 1. The van der Waals surface area contributed by atoms with Crippen molar-refractivity contribution in [3.05, 3.63) is 53.5 Å². The summed E-state index contributed by atoms with van der Waals surface area (Å²) < 4.78 is 4.95. The monoisotopic (exact) mass is 259 g/mol. The summed E-state index contributed by atoms with van der Waals surface area (Å²) in [6.45, 7) is 1.93. The molecule has 19 heavy (non-hydrogen) atoms. The maximum atomic E-state index is 11.8. The Kier molecular flexibility index (Phi) is 3.66. The smallest absolute Gasteiger partial charge is 0.337 e. The van der Waals surface area contributed by atoms with Crippen LogP contribution in [0.25, 0.3) is 0 Å². The Labute approximate surface area is 109 Å². The van der Waals surface area contributed by atoms with Gasteiger partial charge in [0.25, 0.3) is 5.91 Å². The number of rotatable bonds is 4. The average molecular weight is 259 g/mol. The van der Waals surface area contributed by atoms with Gasteiger partial charge in [0, 0.05) is 0 Å². The van der Waals surface area contributed by atoms with Gasteiger partial charge >= 0.3 is 5.97 Å². The minimum atomic E-state index is -1.08. The number of aromatic carboxylic acids is 1. The minimum Gasteiger partial charge on any atom is -0.478 e. The number of carboxylic acids is 1. The van der Waals surface area contributed by atoms with Crippen molar-refractivity contribution in [3.8, 4) is 0 Å². The molecule has 5 heteroatoms. The highest BCUT2D eigenvalue weighted by atomic mass is 16.4. The van der Waals surface area contributed by atoms with Crippen LogP contribution in [0.15, 0.2) is 41.0 Å². The van der Waals surface area contributed by atoms with Crippen LogP contribution in [0, 0.1) is 0 Å². The van der Waals surface area contributed by atoms with Gasteiger partial charge < -0.3 is 14.8 Å². The number of carbonyl (C=O) groups is 2. The summed E-state index contributed by atoms with van der Waals surface area (Å²) in [7, 11) is 0. The fourth-order valence-electron chi connectivity index (χ4n) is 1.69. The quantitative estimate of drug-likeness (QED) is 0.884. The molecule has 5 nitrogen and oxygen atoms in total. The number of amides is 1. The van der Waals surface area contributed by atoms with Gasteiger partial charge in [-0.15, -0.1) is 0 Å². The van der Waals surface area contributed by atoms with Crippen molar-refractivity contribution >= 4 is 17.6 Å². The highest BCUT2D eigenvalue weighted by Gasteiger charge is 2.15. The van der Waals surface area contributed by atoms with E-state index in [0.29, 0.717) is 0 Å². The number of nitrogens with one attached hydrogen (secondary N) is 1. The van der Waals surface area contributed by atoms with Crippen LogP contribution in [0.3, 0.4) is 0 Å². The van der Waals surface area contributed by atoms with Crippen molar-refractivity contribution in [3.63, 3.8) is 0 Å². The lowest BCUT2D eigenvalue weighted by Crippen LogP contribution is -2.14. The topological polar surface area (TPSA) is 79.5 Å². The van der Waals surface area contributed by atoms with Crippen molar-refractivity contribution in [1.82, 2.24) is 0 Å². The van der Waals surface area contributed by atoms with E-state index in [-0.39, 0.29) is 17.0 Å². The summed E-state index contributed by atoms with van der Waals surface area (Å²) >= 11 is 0. The lowest BCUT2D eigenvalue weighted by atomic mass is 10.1. The number of anilines is 1. The van der Waals surface area contributed by atoms with E-state index < -0.39 is 11.9 Å². The molecule has 1 aromatic carbocycles. The molecule has 1 heterocycles. The lowest BCUT2D eigenvalue weighted by molar-refractivity contribution is 0.0698. The van der Waals surface area contributed by atoms with Gasteiger partial charge in [0.2, 0.25) is 0 Å². The highest BCUT2D eigenvalue weighted by Crippen LogP contribution is 2.19. The van der Waals surface area contributed by atoms with E-state index in [9.17, 15) is 9.59 Å². The zero-order valence-corrected chi connectivity index (χ0v) is 10.3. The summed E-state index contributed by atoms with van der Waals surface area (Å²) in [5.41, 5.74) is 1.22. The van der Waals surface area contributed by atoms with Gasteiger partial charge in [0.05, 0.1) is 17.5 Å². The molecule has 0 aliphatic heterocycles. The second-order valence-corrected chi connectivity index (χ2v) is 3.97. The van der Waals surface area contributed by atoms with Crippen molar-refractivity contribution in [1.29, 1.82) is 0 Å². The van der Waals surface area contributed by atoms with Crippen LogP contribution in [0.5, 0.6) is 0 Å². The molecular weight excluding hydrogens is 246 g/mol. The normalized spacial score (nSPS) is 10.2. The first-order chi connectivity index (χ1) is 9.11. The first-order valence-corrected chi connectivity index (χ1v) is 5.83. The van der Waals surface area contributed by atoms with E-state index >= 15 is 0 Å². The van der Waals surface area contributed by atoms with Crippen LogP contribution >= 0.6 is 0 Å². The third kappa shape index (κ3) is 2.82. The molecule has 0 spiro atoms. The summed E-state index contributed by atoms with van der Waals surface area (Å²) in [4.78, 5) is 23.0. The van der Waals surface area contributed by atoms with Gasteiger partial charge in [0.15, 0.2) is 5.76 Å². The van der Waals surface area contributed by atoms with Crippen LogP contribution < -0.4 is 5.32 Å². The van der Waals surface area contributed by atoms with Gasteiger partial charge in [-0.25, -0.2) is 4.79 Å². The Balaban J connectivity index is 2.29. The van der Waals surface area contributed by atoms with E-state index in [1.807, 2.05) is 6.92 Å². The van der Waals surface area contributed by atoms with E-state index in [0.717, 1.165) is 12.0 Å². The molecule has 0 saturated carbocycles. The fraction of sp³-hybridized carbons (Fsp3) is 0.143. The molecule has 0 fully saturated rings. The van der Waals surface area contributed by atoms with E-state index in [2.05, 4.69) is 5.32 Å². The second kappa shape index (κ2) is 5.39. The highest BCUT2D eigenvalue weighted by molar-refractivity contribution is 6.06. The fourth-order valence-corrected chi connectivity index (χ4v) is 1.69. The standard InChI is InChI=1S/C14H13NO4/c1-2-9-5-6-11(10(8-9)14(17)18)15-13(16)12-4-3-7-19-12/h3-8H,2H2,1H3,(H,15,16)(H,17,18). The Bertz CT molecular complexity index is 602. The summed E-state index contributed by atoms with van der Waals surface area (Å²) in [6, 6.07) is 8.02. The molecule has 0 bridgehead atoms. The molecule has 0 saturated heterocycles. The molecule has 0 unspecified atom stereocenters. The summed E-state index contributed by atoms with van der Waals surface area (Å²) in [5.74, 6) is -1.42. The molecule has 2 N–H and O–H groups in total. The van der Waals surface area contributed by atoms with E-state index in [4.69, 9.17) is 9.52 Å². The summed E-state index contributed by atoms with van der Waals surface area (Å²) in [5, 5.41) is 11.7. The van der Waals surface area contributed by atoms with E-state index in [1.165, 1.54) is 12.3 Å². The van der Waals surface area contributed by atoms with E-state index in [1.54, 1.807) is 24.3 Å². The maximum absolute atomic E-state index is 11.8. The Morgan fingerprint density at radius 1 is 1.32 bits per heavy atom. The van der Waals surface area contributed by atoms with Crippen LogP contribution in [-0.2, 0) is 6.42 Å². The van der Waals surface area contributed by atoms with Crippen molar-refractivity contribution in [2.24, 2.45) is 0 Å². The lowest BCUT2D eigenvalue weighted by Gasteiger charge is -2.08. The molecule has 2 aromatic rings. The van der Waals surface area contributed by atoms with Gasteiger partial charge in [-0.2, -0.15) is 0 Å². The Morgan fingerprint density at radius 3 is 2.68 bits per heavy atom. The zero-order chi connectivity index (χ0) is 13.8. The van der Waals surface area contributed by atoms with Gasteiger partial charge in [-0.3, -0.25) is 4.79 Å². The second-order valence-electron chi connectivity index (χ2n) is 3.97. The number of aryl methyl sites for hydroxylation is 1. The Hall–Kier alpha value is -2.56. The predicted molar refractivity (Wildman–Crippen MR) is 69.4 cm³/mol. The van der Waals surface area contributed by atoms with Gasteiger partial charge in [-0.1, -0.05) is 13.0 Å². The van der Waals surface area contributed by atoms with Crippen LogP contribution in [0.2, 0.25) is 0 Å². The molecule has 0 radical (unpaired) electrons. The molecule has 0 aliphatic carbocycles. The molecule has 98 valence electrons. The van der Waals surface area contributed by atoms with Crippen molar-refractivity contribution in [2.45, 2.75) is 13.3 Å². The molecule has 2 rings (SSSR count). The van der Waals surface area contributed by atoms with Crippen molar-refractivity contribution < 1.29 is 19.1 Å². The number of hydrogen-bond donors (Lipinski definition) is 2. The first-order valence-electron chi connectivity index (χ1n) is 5.83. The number of carbonyl (C=O) groups excluding carboxylic acids is 1. The molecular formula is C14H13NO4. The van der Waals surface area contributed by atoms with Gasteiger partial charge in [0.1, 0.15) is 0 Å². The molecule has 0 aliphatic rings. The zero-order valence-electron chi connectivity index (χ0n) is 10.3. The van der Waals surface area contributed by atoms with Crippen LogP contribution in [0.4, 0.5) is 5.69 Å². The molecule has 1 amide bonds. The minimum absolute atomic E-state index is 0.0688. The summed E-state index contributed by atoms with van der Waals surface area (Å²) in [6.07, 6.45) is 2.11. The van der Waals surface area contributed by atoms with Gasteiger partial charge in [-0.05, 0) is 36.2 Å². The number of carboxylic acid groups (broad SMARTS) is 1.